The number of aromatic nitrogens is 1. The van der Waals surface area contributed by atoms with Crippen LogP contribution in [0.1, 0.15) is 107 Å². The monoisotopic (exact) mass is 423 g/mol. The number of allylic oxidation sites excluding steroid dienone is 2. The number of unbranched alkanes of at least 4 members (excludes halogenated alkanes) is 12. The highest BCUT2D eigenvalue weighted by atomic mass is 35.5. The van der Waals surface area contributed by atoms with Gasteiger partial charge >= 0.3 is 5.97 Å². The van der Waals surface area contributed by atoms with Crippen LogP contribution in [-0.4, -0.2) is 12.6 Å². The maximum absolute atomic E-state index is 11.9. The summed E-state index contributed by atoms with van der Waals surface area (Å²) in [5, 5.41) is 0. The average molecular weight is 424 g/mol. The van der Waals surface area contributed by atoms with E-state index in [-0.39, 0.29) is 18.4 Å². The fourth-order valence-corrected chi connectivity index (χ4v) is 3.31. The maximum atomic E-state index is 11.9. The van der Waals surface area contributed by atoms with Gasteiger partial charge in [-0.1, -0.05) is 76.9 Å². The van der Waals surface area contributed by atoms with Crippen LogP contribution >= 0.6 is 0 Å². The summed E-state index contributed by atoms with van der Waals surface area (Å²) in [6.07, 6.45) is 26.5. The third-order valence-corrected chi connectivity index (χ3v) is 5.06. The minimum absolute atomic E-state index is 0. The molecule has 4 heteroatoms. The fraction of sp³-hybridized carbons (Fsp3) is 0.680. The van der Waals surface area contributed by atoms with Crippen molar-refractivity contribution in [3.8, 4) is 0 Å². The molecular weight excluding hydrogens is 382 g/mol. The van der Waals surface area contributed by atoms with Gasteiger partial charge < -0.3 is 17.1 Å². The number of hydrogen-bond donors (Lipinski definition) is 0. The molecule has 0 N–H and O–H groups in total. The first kappa shape index (κ1) is 27.6. The number of esters is 1. The minimum Gasteiger partial charge on any atom is -1.00 e. The van der Waals surface area contributed by atoms with E-state index in [1.807, 2.05) is 23.9 Å². The molecule has 0 saturated carbocycles. The van der Waals surface area contributed by atoms with Crippen LogP contribution in [0.4, 0.5) is 0 Å². The van der Waals surface area contributed by atoms with Crippen LogP contribution in [0.3, 0.4) is 0 Å². The molecule has 0 aliphatic rings. The summed E-state index contributed by atoms with van der Waals surface area (Å²) in [5.74, 6) is -0.219. The first-order valence-electron chi connectivity index (χ1n) is 11.5. The molecule has 0 fully saturated rings. The van der Waals surface area contributed by atoms with E-state index in [0.29, 0.717) is 12.2 Å². The van der Waals surface area contributed by atoms with Crippen molar-refractivity contribution in [1.29, 1.82) is 0 Å². The summed E-state index contributed by atoms with van der Waals surface area (Å²) in [4.78, 5) is 11.9. The first-order valence-corrected chi connectivity index (χ1v) is 11.5. The van der Waals surface area contributed by atoms with Crippen LogP contribution in [-0.2, 0) is 11.8 Å². The van der Waals surface area contributed by atoms with Crippen molar-refractivity contribution in [3.05, 3.63) is 42.2 Å². The second-order valence-corrected chi connectivity index (χ2v) is 7.83. The average Bonchev–Trinajstić information content (AvgIpc) is 2.70. The van der Waals surface area contributed by atoms with Gasteiger partial charge in [-0.3, -0.25) is 0 Å². The Labute approximate surface area is 185 Å². The normalized spacial score (nSPS) is 10.8. The number of rotatable bonds is 17. The van der Waals surface area contributed by atoms with E-state index < -0.39 is 0 Å². The summed E-state index contributed by atoms with van der Waals surface area (Å²) < 4.78 is 7.20. The van der Waals surface area contributed by atoms with Crippen LogP contribution < -0.4 is 17.0 Å². The number of pyridine rings is 1. The summed E-state index contributed by atoms with van der Waals surface area (Å²) >= 11 is 0. The lowest BCUT2D eigenvalue weighted by atomic mass is 10.1. The second-order valence-electron chi connectivity index (χ2n) is 7.83. The number of halogens is 1. The molecule has 0 radical (unpaired) electrons. The topological polar surface area (TPSA) is 30.2 Å². The van der Waals surface area contributed by atoms with E-state index in [4.69, 9.17) is 4.74 Å². The van der Waals surface area contributed by atoms with Crippen molar-refractivity contribution >= 4 is 5.97 Å². The summed E-state index contributed by atoms with van der Waals surface area (Å²) in [7, 11) is 1.90. The molecule has 0 aliphatic heterocycles. The number of carbonyl (C=O) groups is 1. The molecule has 29 heavy (non-hydrogen) atoms. The molecule has 0 unspecified atom stereocenters. The lowest BCUT2D eigenvalue weighted by molar-refractivity contribution is -0.671. The second kappa shape index (κ2) is 19.9. The quantitative estimate of drug-likeness (QED) is 0.165. The van der Waals surface area contributed by atoms with Gasteiger partial charge in [-0.25, -0.2) is 9.36 Å². The largest absolute Gasteiger partial charge is 1.00 e. The van der Waals surface area contributed by atoms with E-state index in [1.54, 1.807) is 12.3 Å². The van der Waals surface area contributed by atoms with Gasteiger partial charge in [0, 0.05) is 6.07 Å². The van der Waals surface area contributed by atoms with Gasteiger partial charge in [-0.05, 0) is 38.2 Å². The van der Waals surface area contributed by atoms with E-state index in [0.717, 1.165) is 12.8 Å². The predicted octanol–water partition coefficient (Wildman–Crippen LogP) is 3.71. The molecule has 1 heterocycles. The number of carbonyl (C=O) groups excluding carboxylic acids is 1. The lowest BCUT2D eigenvalue weighted by Crippen LogP contribution is -3.00. The van der Waals surface area contributed by atoms with E-state index in [2.05, 4.69) is 19.1 Å². The molecule has 0 aromatic carbocycles. The van der Waals surface area contributed by atoms with Crippen molar-refractivity contribution in [2.24, 2.45) is 7.05 Å². The number of nitrogens with zero attached hydrogens (tertiary/aromatic N) is 1. The van der Waals surface area contributed by atoms with Crippen LogP contribution in [0.5, 0.6) is 0 Å². The lowest BCUT2D eigenvalue weighted by Gasteiger charge is -2.04. The maximum Gasteiger partial charge on any atom is 0.344 e. The molecule has 0 aliphatic carbocycles. The van der Waals surface area contributed by atoms with Crippen LogP contribution in [0.15, 0.2) is 36.7 Å². The summed E-state index contributed by atoms with van der Waals surface area (Å²) in [5.41, 5.74) is 0.620. The SMILES string of the molecule is CCCCCCCC/C=C\CCCCCCCCOC(=O)c1ccc[n+](C)c1.[Cl-]. The van der Waals surface area contributed by atoms with Gasteiger partial charge in [0.25, 0.3) is 0 Å². The molecule has 0 atom stereocenters. The van der Waals surface area contributed by atoms with E-state index in [9.17, 15) is 4.79 Å². The molecule has 0 saturated heterocycles. The van der Waals surface area contributed by atoms with Crippen LogP contribution in [0.25, 0.3) is 0 Å². The standard InChI is InChI=1S/C25H42NO2.ClH/c1-3-4-5-6-7-8-9-10-11-12-13-14-15-16-17-18-22-28-25(27)24-20-19-21-26(2)23-24;/h10-11,19-21,23H,3-9,12-18,22H2,1-2H3;1H/q+1;/p-1/b11-10-;. The molecule has 1 rings (SSSR count). The molecule has 1 aromatic rings. The minimum atomic E-state index is -0.219. The van der Waals surface area contributed by atoms with Gasteiger partial charge in [-0.15, -0.1) is 0 Å². The molecule has 1 aromatic heterocycles. The Bertz CT molecular complexity index is 545. The highest BCUT2D eigenvalue weighted by Gasteiger charge is 2.09. The highest BCUT2D eigenvalue weighted by Crippen LogP contribution is 2.10. The number of hydrogen-bond acceptors (Lipinski definition) is 2. The third-order valence-electron chi connectivity index (χ3n) is 5.06. The molecule has 3 nitrogen and oxygen atoms in total. The van der Waals surface area contributed by atoms with E-state index in [1.165, 1.54) is 77.0 Å². The van der Waals surface area contributed by atoms with Gasteiger partial charge in [0.2, 0.25) is 0 Å². The van der Waals surface area contributed by atoms with E-state index >= 15 is 0 Å². The fourth-order valence-electron chi connectivity index (χ4n) is 3.31. The summed E-state index contributed by atoms with van der Waals surface area (Å²) in [6, 6.07) is 3.66. The Balaban J connectivity index is 0.00000784. The van der Waals surface area contributed by atoms with Gasteiger partial charge in [0.15, 0.2) is 12.4 Å². The van der Waals surface area contributed by atoms with Crippen molar-refractivity contribution in [1.82, 2.24) is 0 Å². The Hall–Kier alpha value is -1.35. The van der Waals surface area contributed by atoms with Crippen molar-refractivity contribution < 1.29 is 26.5 Å². The molecule has 0 bridgehead atoms. The molecular formula is C25H42ClNO2. The number of aryl methyl sites for hydroxylation is 1. The van der Waals surface area contributed by atoms with Crippen molar-refractivity contribution in [2.45, 2.75) is 96.8 Å². The first-order chi connectivity index (χ1) is 13.7. The highest BCUT2D eigenvalue weighted by molar-refractivity contribution is 5.88. The summed E-state index contributed by atoms with van der Waals surface area (Å²) in [6.45, 7) is 2.80. The third kappa shape index (κ3) is 16.2. The molecule has 0 amide bonds. The predicted molar refractivity (Wildman–Crippen MR) is 117 cm³/mol. The Morgan fingerprint density at radius 1 is 0.897 bits per heavy atom. The zero-order valence-corrected chi connectivity index (χ0v) is 19.5. The van der Waals surface area contributed by atoms with Crippen LogP contribution in [0, 0.1) is 0 Å². The van der Waals surface area contributed by atoms with Crippen molar-refractivity contribution in [2.75, 3.05) is 6.61 Å². The number of ether oxygens (including phenoxy) is 1. The zero-order chi connectivity index (χ0) is 20.3. The van der Waals surface area contributed by atoms with Crippen molar-refractivity contribution in [3.63, 3.8) is 0 Å². The Morgan fingerprint density at radius 2 is 1.45 bits per heavy atom. The zero-order valence-electron chi connectivity index (χ0n) is 18.7. The Kier molecular flexibility index (Phi) is 19.0. The van der Waals surface area contributed by atoms with Crippen LogP contribution in [0.2, 0.25) is 0 Å². The van der Waals surface area contributed by atoms with Gasteiger partial charge in [0.1, 0.15) is 12.6 Å². The van der Waals surface area contributed by atoms with Gasteiger partial charge in [-0.2, -0.15) is 0 Å². The Morgan fingerprint density at radius 3 is 2.03 bits per heavy atom. The molecule has 0 spiro atoms. The molecule has 166 valence electrons. The smallest absolute Gasteiger partial charge is 0.344 e. The van der Waals surface area contributed by atoms with Gasteiger partial charge in [0.05, 0.1) is 6.61 Å².